The third kappa shape index (κ3) is 3.45. The quantitative estimate of drug-likeness (QED) is 0.902. The Hall–Kier alpha value is -1.68. The van der Waals surface area contributed by atoms with Gasteiger partial charge in [-0.3, -0.25) is 0 Å². The summed E-state index contributed by atoms with van der Waals surface area (Å²) in [6, 6.07) is 6.24. The number of nitrogens with zero attached hydrogens (tertiary/aromatic N) is 2. The highest BCUT2D eigenvalue weighted by Gasteiger charge is 2.11. The molecule has 0 unspecified atom stereocenters. The van der Waals surface area contributed by atoms with Crippen LogP contribution in [0.4, 0.5) is 10.2 Å². The monoisotopic (exact) mass is 293 g/mol. The molecule has 20 heavy (non-hydrogen) atoms. The van der Waals surface area contributed by atoms with Crippen LogP contribution in [0.3, 0.4) is 0 Å². The highest BCUT2D eigenvalue weighted by molar-refractivity contribution is 6.30. The lowest BCUT2D eigenvalue weighted by Crippen LogP contribution is -2.05. The molecular formula is C15H17ClFN3. The standard InChI is InChI=1S/C15H17ClFN3/c1-4-18-14-8-13(9(2)3)19-15(20-14)10-5-11(16)7-12(17)6-10/h5-9H,4H2,1-3H3,(H,18,19,20). The first-order valence-corrected chi connectivity index (χ1v) is 6.96. The number of anilines is 1. The minimum absolute atomic E-state index is 0.262. The molecule has 0 fully saturated rings. The number of hydrogen-bond acceptors (Lipinski definition) is 3. The molecule has 0 radical (unpaired) electrons. The summed E-state index contributed by atoms with van der Waals surface area (Å²) in [5.41, 5.74) is 1.49. The van der Waals surface area contributed by atoms with E-state index >= 15 is 0 Å². The Morgan fingerprint density at radius 1 is 1.20 bits per heavy atom. The van der Waals surface area contributed by atoms with E-state index in [0.29, 0.717) is 16.4 Å². The molecule has 2 aromatic rings. The molecule has 1 N–H and O–H groups in total. The molecule has 0 saturated carbocycles. The summed E-state index contributed by atoms with van der Waals surface area (Å²) in [5.74, 6) is 1.09. The fourth-order valence-corrected chi connectivity index (χ4v) is 2.07. The Labute approximate surface area is 123 Å². The predicted octanol–water partition coefficient (Wildman–Crippen LogP) is 4.49. The smallest absolute Gasteiger partial charge is 0.161 e. The summed E-state index contributed by atoms with van der Waals surface area (Å²) in [4.78, 5) is 8.90. The Morgan fingerprint density at radius 2 is 1.95 bits per heavy atom. The minimum Gasteiger partial charge on any atom is -0.370 e. The Morgan fingerprint density at radius 3 is 2.55 bits per heavy atom. The number of aromatic nitrogens is 2. The van der Waals surface area contributed by atoms with E-state index in [1.165, 1.54) is 12.1 Å². The summed E-state index contributed by atoms with van der Waals surface area (Å²) in [7, 11) is 0. The number of hydrogen-bond donors (Lipinski definition) is 1. The lowest BCUT2D eigenvalue weighted by atomic mass is 10.1. The van der Waals surface area contributed by atoms with Crippen LogP contribution in [0.2, 0.25) is 5.02 Å². The molecule has 1 aromatic heterocycles. The molecule has 0 spiro atoms. The average molecular weight is 294 g/mol. The van der Waals surface area contributed by atoms with Gasteiger partial charge in [0.15, 0.2) is 5.82 Å². The molecule has 3 nitrogen and oxygen atoms in total. The highest BCUT2D eigenvalue weighted by atomic mass is 35.5. The summed E-state index contributed by atoms with van der Waals surface area (Å²) in [6.45, 7) is 6.87. The zero-order valence-corrected chi connectivity index (χ0v) is 12.5. The molecule has 0 saturated heterocycles. The predicted molar refractivity (Wildman–Crippen MR) is 80.7 cm³/mol. The zero-order chi connectivity index (χ0) is 14.7. The van der Waals surface area contributed by atoms with Crippen LogP contribution < -0.4 is 5.32 Å². The Balaban J connectivity index is 2.54. The number of benzene rings is 1. The SMILES string of the molecule is CCNc1cc(C(C)C)nc(-c2cc(F)cc(Cl)c2)n1. The van der Waals surface area contributed by atoms with Crippen molar-refractivity contribution in [3.05, 3.63) is 40.8 Å². The normalized spacial score (nSPS) is 10.9. The largest absolute Gasteiger partial charge is 0.370 e. The lowest BCUT2D eigenvalue weighted by Gasteiger charge is -2.11. The zero-order valence-electron chi connectivity index (χ0n) is 11.7. The van der Waals surface area contributed by atoms with Gasteiger partial charge in [0.05, 0.1) is 0 Å². The summed E-state index contributed by atoms with van der Waals surface area (Å²) in [6.07, 6.45) is 0. The van der Waals surface area contributed by atoms with Crippen molar-refractivity contribution in [3.63, 3.8) is 0 Å². The van der Waals surface area contributed by atoms with E-state index in [1.807, 2.05) is 13.0 Å². The van der Waals surface area contributed by atoms with E-state index in [4.69, 9.17) is 11.6 Å². The molecule has 0 bridgehead atoms. The van der Waals surface area contributed by atoms with Gasteiger partial charge in [-0.15, -0.1) is 0 Å². The Bertz CT molecular complexity index is 594. The van der Waals surface area contributed by atoms with Crippen molar-refractivity contribution in [3.8, 4) is 11.4 Å². The van der Waals surface area contributed by atoms with Gasteiger partial charge in [0, 0.05) is 28.9 Å². The second-order valence-electron chi connectivity index (χ2n) is 4.84. The van der Waals surface area contributed by atoms with Gasteiger partial charge in [0.1, 0.15) is 11.6 Å². The first-order chi connectivity index (χ1) is 9.49. The third-order valence-corrected chi connectivity index (χ3v) is 3.03. The van der Waals surface area contributed by atoms with Crippen molar-refractivity contribution in [1.29, 1.82) is 0 Å². The summed E-state index contributed by atoms with van der Waals surface area (Å²) < 4.78 is 13.5. The molecule has 1 aromatic carbocycles. The maximum absolute atomic E-state index is 13.5. The number of nitrogens with one attached hydrogen (secondary N) is 1. The molecular weight excluding hydrogens is 277 g/mol. The van der Waals surface area contributed by atoms with Gasteiger partial charge in [0.25, 0.3) is 0 Å². The van der Waals surface area contributed by atoms with Crippen molar-refractivity contribution < 1.29 is 4.39 Å². The van der Waals surface area contributed by atoms with E-state index < -0.39 is 5.82 Å². The van der Waals surface area contributed by atoms with E-state index in [1.54, 1.807) is 6.07 Å². The van der Waals surface area contributed by atoms with Crippen LogP contribution in [0.25, 0.3) is 11.4 Å². The van der Waals surface area contributed by atoms with Gasteiger partial charge in [-0.2, -0.15) is 0 Å². The maximum Gasteiger partial charge on any atom is 0.161 e. The van der Waals surface area contributed by atoms with E-state index in [9.17, 15) is 4.39 Å². The number of halogens is 2. The van der Waals surface area contributed by atoms with Gasteiger partial charge in [-0.25, -0.2) is 14.4 Å². The van der Waals surface area contributed by atoms with Crippen LogP contribution in [-0.4, -0.2) is 16.5 Å². The van der Waals surface area contributed by atoms with Gasteiger partial charge < -0.3 is 5.32 Å². The van der Waals surface area contributed by atoms with Crippen LogP contribution in [0, 0.1) is 5.82 Å². The number of rotatable bonds is 4. The molecule has 0 atom stereocenters. The van der Waals surface area contributed by atoms with Gasteiger partial charge >= 0.3 is 0 Å². The van der Waals surface area contributed by atoms with Gasteiger partial charge in [-0.1, -0.05) is 25.4 Å². The van der Waals surface area contributed by atoms with E-state index in [2.05, 4.69) is 29.1 Å². The first-order valence-electron chi connectivity index (χ1n) is 6.59. The fraction of sp³-hybridized carbons (Fsp3) is 0.333. The third-order valence-electron chi connectivity index (χ3n) is 2.82. The van der Waals surface area contributed by atoms with Crippen LogP contribution in [-0.2, 0) is 0 Å². The molecule has 0 aliphatic heterocycles. The second-order valence-corrected chi connectivity index (χ2v) is 5.28. The summed E-state index contributed by atoms with van der Waals surface area (Å²) >= 11 is 5.89. The van der Waals surface area contributed by atoms with Crippen molar-refractivity contribution in [2.45, 2.75) is 26.7 Å². The van der Waals surface area contributed by atoms with E-state index in [0.717, 1.165) is 18.1 Å². The van der Waals surface area contributed by atoms with E-state index in [-0.39, 0.29) is 5.92 Å². The van der Waals surface area contributed by atoms with Crippen LogP contribution in [0.5, 0.6) is 0 Å². The molecule has 0 aliphatic rings. The second kappa shape index (κ2) is 6.18. The maximum atomic E-state index is 13.5. The van der Waals surface area contributed by atoms with Gasteiger partial charge in [-0.05, 0) is 31.0 Å². The lowest BCUT2D eigenvalue weighted by molar-refractivity contribution is 0.628. The molecule has 5 heteroatoms. The fourth-order valence-electron chi connectivity index (χ4n) is 1.85. The first kappa shape index (κ1) is 14.7. The van der Waals surface area contributed by atoms with Crippen LogP contribution >= 0.6 is 11.6 Å². The molecule has 1 heterocycles. The summed E-state index contributed by atoms with van der Waals surface area (Å²) in [5, 5.41) is 3.50. The van der Waals surface area contributed by atoms with Crippen LogP contribution in [0.15, 0.2) is 24.3 Å². The van der Waals surface area contributed by atoms with Gasteiger partial charge in [0.2, 0.25) is 0 Å². The van der Waals surface area contributed by atoms with Crippen molar-refractivity contribution >= 4 is 17.4 Å². The highest BCUT2D eigenvalue weighted by Crippen LogP contribution is 2.25. The van der Waals surface area contributed by atoms with Crippen molar-refractivity contribution in [2.75, 3.05) is 11.9 Å². The molecule has 0 aliphatic carbocycles. The van der Waals surface area contributed by atoms with Crippen molar-refractivity contribution in [1.82, 2.24) is 9.97 Å². The minimum atomic E-state index is -0.393. The topological polar surface area (TPSA) is 37.8 Å². The van der Waals surface area contributed by atoms with Crippen LogP contribution in [0.1, 0.15) is 32.4 Å². The molecule has 0 amide bonds. The van der Waals surface area contributed by atoms with Crippen molar-refractivity contribution in [2.24, 2.45) is 0 Å². The Kier molecular flexibility index (Phi) is 4.55. The average Bonchev–Trinajstić information content (AvgIpc) is 2.37. The molecule has 2 rings (SSSR count). The molecule has 106 valence electrons.